The molecule has 6 nitrogen and oxygen atoms in total. The second-order valence-corrected chi connectivity index (χ2v) is 4.68. The van der Waals surface area contributed by atoms with Gasteiger partial charge in [-0.1, -0.05) is 13.8 Å². The van der Waals surface area contributed by atoms with E-state index in [9.17, 15) is 8.42 Å². The summed E-state index contributed by atoms with van der Waals surface area (Å²) in [6, 6.07) is 0. The molecule has 0 aromatic rings. The molecular formula is C6H16N4O2S. The van der Waals surface area contributed by atoms with E-state index in [-0.39, 0.29) is 18.3 Å². The van der Waals surface area contributed by atoms with E-state index in [1.807, 2.05) is 13.8 Å². The Hall–Kier alpha value is -0.660. The maximum atomic E-state index is 11.1. The smallest absolute Gasteiger partial charge is 0.277 e. The molecule has 0 saturated heterocycles. The summed E-state index contributed by atoms with van der Waals surface area (Å²) in [6.07, 6.45) is 0. The summed E-state index contributed by atoms with van der Waals surface area (Å²) < 4.78 is 26.6. The average molecular weight is 208 g/mol. The van der Waals surface area contributed by atoms with Gasteiger partial charge in [-0.2, -0.15) is 13.1 Å². The van der Waals surface area contributed by atoms with Crippen LogP contribution < -0.4 is 15.2 Å². The number of hydrogen-bond donors (Lipinski definition) is 4. The largest absolute Gasteiger partial charge is 0.387 e. The minimum atomic E-state index is -3.49. The van der Waals surface area contributed by atoms with Gasteiger partial charge in [-0.05, 0) is 5.92 Å². The highest BCUT2D eigenvalue weighted by Crippen LogP contribution is 1.88. The minimum Gasteiger partial charge on any atom is -0.387 e. The Bertz CT molecular complexity index is 260. The third-order valence-electron chi connectivity index (χ3n) is 1.13. The van der Waals surface area contributed by atoms with Gasteiger partial charge in [-0.25, -0.2) is 4.72 Å². The molecule has 0 heterocycles. The maximum Gasteiger partial charge on any atom is 0.277 e. The van der Waals surface area contributed by atoms with E-state index in [0.29, 0.717) is 6.54 Å². The van der Waals surface area contributed by atoms with Crippen LogP contribution in [0.3, 0.4) is 0 Å². The molecule has 0 amide bonds. The molecule has 0 bridgehead atoms. The highest BCUT2D eigenvalue weighted by Gasteiger charge is 2.08. The number of nitrogens with two attached hydrogens (primary N) is 1. The molecule has 0 atom stereocenters. The molecular weight excluding hydrogens is 192 g/mol. The predicted octanol–water partition coefficient (Wildman–Crippen LogP) is -0.998. The average Bonchev–Trinajstić information content (AvgIpc) is 1.98. The van der Waals surface area contributed by atoms with Crippen molar-refractivity contribution in [1.82, 2.24) is 9.44 Å². The lowest BCUT2D eigenvalue weighted by molar-refractivity contribution is 0.551. The van der Waals surface area contributed by atoms with Crippen molar-refractivity contribution in [2.75, 3.05) is 13.1 Å². The molecule has 0 fully saturated rings. The Morgan fingerprint density at radius 3 is 2.38 bits per heavy atom. The van der Waals surface area contributed by atoms with E-state index in [1.165, 1.54) is 0 Å². The van der Waals surface area contributed by atoms with Crippen LogP contribution in [0.15, 0.2) is 0 Å². The molecule has 0 unspecified atom stereocenters. The summed E-state index contributed by atoms with van der Waals surface area (Å²) >= 11 is 0. The molecule has 0 aromatic heterocycles. The topological polar surface area (TPSA) is 108 Å². The summed E-state index contributed by atoms with van der Waals surface area (Å²) in [4.78, 5) is 0. The van der Waals surface area contributed by atoms with Crippen molar-refractivity contribution in [2.45, 2.75) is 13.8 Å². The Morgan fingerprint density at radius 2 is 2.00 bits per heavy atom. The third-order valence-corrected chi connectivity index (χ3v) is 2.21. The van der Waals surface area contributed by atoms with Gasteiger partial charge in [-0.15, -0.1) is 0 Å². The molecule has 5 N–H and O–H groups in total. The molecule has 0 aromatic carbocycles. The van der Waals surface area contributed by atoms with E-state index in [4.69, 9.17) is 11.1 Å². The monoisotopic (exact) mass is 208 g/mol. The van der Waals surface area contributed by atoms with Crippen molar-refractivity contribution in [2.24, 2.45) is 11.7 Å². The van der Waals surface area contributed by atoms with Crippen molar-refractivity contribution in [3.63, 3.8) is 0 Å². The van der Waals surface area contributed by atoms with Crippen LogP contribution in [0.4, 0.5) is 0 Å². The van der Waals surface area contributed by atoms with Crippen molar-refractivity contribution in [1.29, 1.82) is 5.41 Å². The summed E-state index contributed by atoms with van der Waals surface area (Å²) in [6.45, 7) is 4.00. The van der Waals surface area contributed by atoms with Crippen LogP contribution in [-0.4, -0.2) is 27.3 Å². The van der Waals surface area contributed by atoms with Gasteiger partial charge in [0.25, 0.3) is 10.2 Å². The van der Waals surface area contributed by atoms with Crippen molar-refractivity contribution in [3.8, 4) is 0 Å². The van der Waals surface area contributed by atoms with Gasteiger partial charge in [-0.3, -0.25) is 5.41 Å². The van der Waals surface area contributed by atoms with Crippen LogP contribution in [0.1, 0.15) is 13.8 Å². The Labute approximate surface area is 78.6 Å². The van der Waals surface area contributed by atoms with E-state index in [2.05, 4.69) is 9.44 Å². The van der Waals surface area contributed by atoms with Gasteiger partial charge < -0.3 is 5.73 Å². The lowest BCUT2D eigenvalue weighted by atomic mass is 10.2. The molecule has 0 aliphatic heterocycles. The number of hydrogen-bond acceptors (Lipinski definition) is 3. The van der Waals surface area contributed by atoms with Crippen LogP contribution in [0, 0.1) is 11.3 Å². The highest BCUT2D eigenvalue weighted by atomic mass is 32.2. The Morgan fingerprint density at radius 1 is 1.46 bits per heavy atom. The Balaban J connectivity index is 3.88. The first-order valence-electron chi connectivity index (χ1n) is 3.90. The first kappa shape index (κ1) is 12.3. The molecule has 0 saturated carbocycles. The molecule has 78 valence electrons. The zero-order valence-electron chi connectivity index (χ0n) is 7.79. The van der Waals surface area contributed by atoms with Crippen LogP contribution in [-0.2, 0) is 10.2 Å². The first-order valence-corrected chi connectivity index (χ1v) is 5.39. The van der Waals surface area contributed by atoms with Gasteiger partial charge in [0.05, 0.1) is 6.54 Å². The SMILES string of the molecule is CC(C)CNS(=O)(=O)NCC(=N)N. The second kappa shape index (κ2) is 5.15. The highest BCUT2D eigenvalue weighted by molar-refractivity contribution is 7.87. The van der Waals surface area contributed by atoms with Crippen molar-refractivity contribution < 1.29 is 8.42 Å². The molecule has 13 heavy (non-hydrogen) atoms. The van der Waals surface area contributed by atoms with E-state index >= 15 is 0 Å². The summed E-state index contributed by atoms with van der Waals surface area (Å²) in [5.41, 5.74) is 4.98. The standard InChI is InChI=1S/C6H16N4O2S/c1-5(2)3-9-13(11,12)10-4-6(7)8/h5,9-10H,3-4H2,1-2H3,(H3,7,8). The van der Waals surface area contributed by atoms with E-state index in [0.717, 1.165) is 0 Å². The third kappa shape index (κ3) is 7.69. The molecule has 0 spiro atoms. The van der Waals surface area contributed by atoms with Gasteiger partial charge in [0.15, 0.2) is 0 Å². The van der Waals surface area contributed by atoms with Crippen LogP contribution in [0.5, 0.6) is 0 Å². The van der Waals surface area contributed by atoms with Crippen LogP contribution in [0.25, 0.3) is 0 Å². The minimum absolute atomic E-state index is 0.159. The maximum absolute atomic E-state index is 11.1. The van der Waals surface area contributed by atoms with Crippen molar-refractivity contribution >= 4 is 16.0 Å². The number of amidine groups is 1. The zero-order valence-corrected chi connectivity index (χ0v) is 8.61. The van der Waals surface area contributed by atoms with E-state index < -0.39 is 10.2 Å². The number of rotatable bonds is 6. The number of nitrogens with one attached hydrogen (secondary N) is 3. The van der Waals surface area contributed by atoms with Gasteiger partial charge in [0.2, 0.25) is 0 Å². The van der Waals surface area contributed by atoms with Crippen LogP contribution in [0.2, 0.25) is 0 Å². The molecule has 0 radical (unpaired) electrons. The lowest BCUT2D eigenvalue weighted by Gasteiger charge is -2.08. The van der Waals surface area contributed by atoms with Gasteiger partial charge >= 0.3 is 0 Å². The summed E-state index contributed by atoms with van der Waals surface area (Å²) in [5.74, 6) is 0.0313. The van der Waals surface area contributed by atoms with Crippen molar-refractivity contribution in [3.05, 3.63) is 0 Å². The Kier molecular flexibility index (Phi) is 4.89. The second-order valence-electron chi connectivity index (χ2n) is 3.09. The normalized spacial score (nSPS) is 11.9. The fourth-order valence-electron chi connectivity index (χ4n) is 0.500. The molecule has 0 aliphatic carbocycles. The predicted molar refractivity (Wildman–Crippen MR) is 51.7 cm³/mol. The first-order chi connectivity index (χ1) is 5.83. The fraction of sp³-hybridized carbons (Fsp3) is 0.833. The quantitative estimate of drug-likeness (QED) is 0.332. The van der Waals surface area contributed by atoms with Crippen LogP contribution >= 0.6 is 0 Å². The summed E-state index contributed by atoms with van der Waals surface area (Å²) in [5, 5.41) is 6.81. The van der Waals surface area contributed by atoms with Gasteiger partial charge in [0.1, 0.15) is 5.84 Å². The summed E-state index contributed by atoms with van der Waals surface area (Å²) in [7, 11) is -3.49. The molecule has 0 rings (SSSR count). The zero-order chi connectivity index (χ0) is 10.5. The fourth-order valence-corrected chi connectivity index (χ4v) is 1.50. The molecule has 0 aliphatic rings. The molecule has 7 heteroatoms. The van der Waals surface area contributed by atoms with Gasteiger partial charge in [0, 0.05) is 6.54 Å². The lowest BCUT2D eigenvalue weighted by Crippen LogP contribution is -2.42. The van der Waals surface area contributed by atoms with E-state index in [1.54, 1.807) is 0 Å².